The molecule has 0 saturated heterocycles. The van der Waals surface area contributed by atoms with Gasteiger partial charge in [0.1, 0.15) is 0 Å². The average Bonchev–Trinajstić information content (AvgIpc) is 2.96. The molecule has 0 fully saturated rings. The van der Waals surface area contributed by atoms with Crippen molar-refractivity contribution in [1.82, 2.24) is 9.80 Å². The maximum Gasteiger partial charge on any atom is 0.254 e. The molecule has 0 aromatic heterocycles. The van der Waals surface area contributed by atoms with Crippen LogP contribution in [0, 0.1) is 0 Å². The van der Waals surface area contributed by atoms with Crippen LogP contribution in [-0.2, 0) is 4.79 Å². The molecule has 0 atom stereocenters. The Morgan fingerprint density at radius 1 is 1.23 bits per heavy atom. The molecule has 0 spiro atoms. The maximum atomic E-state index is 12.4. The third-order valence-corrected chi connectivity index (χ3v) is 3.79. The first kappa shape index (κ1) is 16.4. The second-order valence-corrected chi connectivity index (χ2v) is 5.33. The van der Waals surface area contributed by atoms with Crippen LogP contribution in [0.25, 0.3) is 0 Å². The van der Waals surface area contributed by atoms with Gasteiger partial charge in [-0.05, 0) is 26.0 Å². The molecule has 0 unspecified atom stereocenters. The first-order valence-corrected chi connectivity index (χ1v) is 7.48. The highest BCUT2D eigenvalue weighted by Gasteiger charge is 2.23. The molecule has 0 radical (unpaired) electrons. The molecule has 120 valence electrons. The number of amides is 2. The van der Waals surface area contributed by atoms with Crippen LogP contribution in [0.1, 0.15) is 24.2 Å². The average molecular weight is 327 g/mol. The molecule has 1 aromatic carbocycles. The Kier molecular flexibility index (Phi) is 5.13. The molecular formula is C15H19ClN2O4. The zero-order valence-electron chi connectivity index (χ0n) is 12.9. The SMILES string of the molecule is CCN(CC)C(=O)CN(C)C(=O)c1cc(Cl)c2c(c1)OCO2. The highest BCUT2D eigenvalue weighted by atomic mass is 35.5. The Bertz CT molecular complexity index is 587. The van der Waals surface area contributed by atoms with E-state index in [9.17, 15) is 9.59 Å². The van der Waals surface area contributed by atoms with Gasteiger partial charge in [-0.25, -0.2) is 0 Å². The minimum atomic E-state index is -0.291. The van der Waals surface area contributed by atoms with Crippen molar-refractivity contribution in [2.45, 2.75) is 13.8 Å². The molecule has 1 heterocycles. The molecule has 0 aliphatic carbocycles. The minimum absolute atomic E-state index is 0.0204. The quantitative estimate of drug-likeness (QED) is 0.830. The van der Waals surface area contributed by atoms with Gasteiger partial charge in [0.05, 0.1) is 11.6 Å². The van der Waals surface area contributed by atoms with Gasteiger partial charge in [-0.2, -0.15) is 0 Å². The second kappa shape index (κ2) is 6.87. The van der Waals surface area contributed by atoms with Crippen LogP contribution in [0.5, 0.6) is 11.5 Å². The summed E-state index contributed by atoms with van der Waals surface area (Å²) in [6.07, 6.45) is 0. The zero-order valence-corrected chi connectivity index (χ0v) is 13.6. The van der Waals surface area contributed by atoms with Gasteiger partial charge in [-0.1, -0.05) is 11.6 Å². The highest BCUT2D eigenvalue weighted by Crippen LogP contribution is 2.39. The molecule has 0 bridgehead atoms. The van der Waals surface area contributed by atoms with Crippen molar-refractivity contribution in [2.75, 3.05) is 33.5 Å². The van der Waals surface area contributed by atoms with Crippen LogP contribution in [0.2, 0.25) is 5.02 Å². The number of nitrogens with zero attached hydrogens (tertiary/aromatic N) is 2. The molecule has 7 heteroatoms. The van der Waals surface area contributed by atoms with Gasteiger partial charge in [0.25, 0.3) is 5.91 Å². The van der Waals surface area contributed by atoms with E-state index in [1.54, 1.807) is 18.0 Å². The fraction of sp³-hybridized carbons (Fsp3) is 0.467. The van der Waals surface area contributed by atoms with Crippen molar-refractivity contribution in [1.29, 1.82) is 0 Å². The van der Waals surface area contributed by atoms with Gasteiger partial charge in [-0.15, -0.1) is 0 Å². The van der Waals surface area contributed by atoms with Gasteiger partial charge >= 0.3 is 0 Å². The molecule has 0 N–H and O–H groups in total. The van der Waals surface area contributed by atoms with Gasteiger partial charge < -0.3 is 19.3 Å². The predicted molar refractivity (Wildman–Crippen MR) is 82.5 cm³/mol. The Morgan fingerprint density at radius 2 is 1.91 bits per heavy atom. The Labute approximate surface area is 134 Å². The summed E-state index contributed by atoms with van der Waals surface area (Å²) in [4.78, 5) is 27.5. The summed E-state index contributed by atoms with van der Waals surface area (Å²) in [5.41, 5.74) is 0.365. The highest BCUT2D eigenvalue weighted by molar-refractivity contribution is 6.32. The summed E-state index contributed by atoms with van der Waals surface area (Å²) in [7, 11) is 1.59. The van der Waals surface area contributed by atoms with Crippen LogP contribution in [0.15, 0.2) is 12.1 Å². The molecule has 0 saturated carbocycles. The summed E-state index contributed by atoms with van der Waals surface area (Å²) < 4.78 is 10.5. The molecule has 2 rings (SSSR count). The standard InChI is InChI=1S/C15H19ClN2O4/c1-4-18(5-2)13(19)8-17(3)15(20)10-6-11(16)14-12(7-10)21-9-22-14/h6-7H,4-5,8-9H2,1-3H3. The Balaban J connectivity index is 2.11. The van der Waals surface area contributed by atoms with Crippen molar-refractivity contribution in [3.63, 3.8) is 0 Å². The monoisotopic (exact) mass is 326 g/mol. The third kappa shape index (κ3) is 3.27. The number of hydrogen-bond acceptors (Lipinski definition) is 4. The van der Waals surface area contributed by atoms with Crippen molar-refractivity contribution >= 4 is 23.4 Å². The van der Waals surface area contributed by atoms with E-state index in [2.05, 4.69) is 0 Å². The minimum Gasteiger partial charge on any atom is -0.454 e. The number of benzene rings is 1. The first-order chi connectivity index (χ1) is 10.5. The van der Waals surface area contributed by atoms with E-state index >= 15 is 0 Å². The lowest BCUT2D eigenvalue weighted by atomic mass is 10.1. The largest absolute Gasteiger partial charge is 0.454 e. The second-order valence-electron chi connectivity index (χ2n) is 4.92. The molecular weight excluding hydrogens is 308 g/mol. The van der Waals surface area contributed by atoms with E-state index in [0.717, 1.165) is 0 Å². The van der Waals surface area contributed by atoms with Crippen LogP contribution in [0.4, 0.5) is 0 Å². The van der Waals surface area contributed by atoms with Crippen molar-refractivity contribution < 1.29 is 19.1 Å². The molecule has 1 aliphatic heterocycles. The third-order valence-electron chi connectivity index (χ3n) is 3.51. The summed E-state index contributed by atoms with van der Waals surface area (Å²) >= 11 is 6.07. The fourth-order valence-corrected chi connectivity index (χ4v) is 2.53. The number of hydrogen-bond donors (Lipinski definition) is 0. The van der Waals surface area contributed by atoms with Crippen molar-refractivity contribution in [3.8, 4) is 11.5 Å². The van der Waals surface area contributed by atoms with Crippen molar-refractivity contribution in [2.24, 2.45) is 0 Å². The van der Waals surface area contributed by atoms with Gasteiger partial charge in [0.15, 0.2) is 11.5 Å². The van der Waals surface area contributed by atoms with Crippen LogP contribution < -0.4 is 9.47 Å². The summed E-state index contributed by atoms with van der Waals surface area (Å²) in [6, 6.07) is 3.10. The van der Waals surface area contributed by atoms with Crippen LogP contribution >= 0.6 is 11.6 Å². The maximum absolute atomic E-state index is 12.4. The van der Waals surface area contributed by atoms with E-state index in [1.807, 2.05) is 13.8 Å². The van der Waals surface area contributed by atoms with Crippen LogP contribution in [0.3, 0.4) is 0 Å². The van der Waals surface area contributed by atoms with Gasteiger partial charge in [-0.3, -0.25) is 9.59 Å². The van der Waals surface area contributed by atoms with E-state index in [0.29, 0.717) is 35.2 Å². The summed E-state index contributed by atoms with van der Waals surface area (Å²) in [5.74, 6) is 0.507. The molecule has 6 nitrogen and oxygen atoms in total. The number of likely N-dealkylation sites (N-methyl/N-ethyl adjacent to an activating group) is 2. The smallest absolute Gasteiger partial charge is 0.254 e. The number of carbonyl (C=O) groups excluding carboxylic acids is 2. The zero-order chi connectivity index (χ0) is 16.3. The van der Waals surface area contributed by atoms with E-state index in [-0.39, 0.29) is 25.2 Å². The number of fused-ring (bicyclic) bond motifs is 1. The summed E-state index contributed by atoms with van der Waals surface area (Å²) in [5, 5.41) is 0.321. The molecule has 1 aromatic rings. The molecule has 1 aliphatic rings. The molecule has 2 amide bonds. The normalized spacial score (nSPS) is 12.2. The lowest BCUT2D eigenvalue weighted by molar-refractivity contribution is -0.131. The lowest BCUT2D eigenvalue weighted by Crippen LogP contribution is -2.41. The molecule has 22 heavy (non-hydrogen) atoms. The van der Waals surface area contributed by atoms with E-state index < -0.39 is 0 Å². The lowest BCUT2D eigenvalue weighted by Gasteiger charge is -2.23. The number of halogens is 1. The topological polar surface area (TPSA) is 59.1 Å². The van der Waals surface area contributed by atoms with E-state index in [1.165, 1.54) is 11.0 Å². The predicted octanol–water partition coefficient (Wildman–Crippen LogP) is 2.01. The first-order valence-electron chi connectivity index (χ1n) is 7.10. The van der Waals surface area contributed by atoms with Crippen LogP contribution in [-0.4, -0.2) is 55.1 Å². The van der Waals surface area contributed by atoms with Gasteiger partial charge in [0, 0.05) is 25.7 Å². The summed E-state index contributed by atoms with van der Waals surface area (Å²) in [6.45, 7) is 5.15. The fourth-order valence-electron chi connectivity index (χ4n) is 2.26. The van der Waals surface area contributed by atoms with Gasteiger partial charge in [0.2, 0.25) is 12.7 Å². The van der Waals surface area contributed by atoms with E-state index in [4.69, 9.17) is 21.1 Å². The number of carbonyl (C=O) groups is 2. The number of rotatable bonds is 5. The van der Waals surface area contributed by atoms with Crippen molar-refractivity contribution in [3.05, 3.63) is 22.7 Å². The Morgan fingerprint density at radius 3 is 2.55 bits per heavy atom. The Hall–Kier alpha value is -1.95. The number of ether oxygens (including phenoxy) is 2.